The van der Waals surface area contributed by atoms with Crippen molar-refractivity contribution >= 4 is 21.8 Å². The fraction of sp³-hybridized carbons (Fsp3) is 0.0465. The maximum absolute atomic E-state index is 5.09. The molecule has 0 aliphatic heterocycles. The van der Waals surface area contributed by atoms with E-state index in [-0.39, 0.29) is 0 Å². The number of rotatable bonds is 5. The minimum atomic E-state index is 0.946. The van der Waals surface area contributed by atoms with Gasteiger partial charge in [0.1, 0.15) is 0 Å². The largest absolute Gasteiger partial charge is 0.251 e. The third kappa shape index (κ3) is 5.22. The maximum atomic E-state index is 5.09. The quantitative estimate of drug-likeness (QED) is 0.187. The normalized spacial score (nSPS) is 11.3. The van der Waals surface area contributed by atoms with Gasteiger partial charge in [-0.3, -0.25) is 4.98 Å². The molecule has 0 radical (unpaired) electrons. The second kappa shape index (κ2) is 11.5. The highest BCUT2D eigenvalue weighted by Crippen LogP contribution is 2.33. The molecule has 0 spiro atoms. The highest BCUT2D eigenvalue weighted by Gasteiger charge is 2.11. The molecule has 218 valence electrons. The van der Waals surface area contributed by atoms with Gasteiger partial charge in [-0.1, -0.05) is 127 Å². The van der Waals surface area contributed by atoms with Gasteiger partial charge < -0.3 is 0 Å². The summed E-state index contributed by atoms with van der Waals surface area (Å²) in [6.07, 6.45) is 0. The number of aryl methyl sites for hydroxylation is 2. The molecule has 0 unspecified atom stereocenters. The predicted molar refractivity (Wildman–Crippen MR) is 191 cm³/mol. The molecule has 3 aromatic heterocycles. The summed E-state index contributed by atoms with van der Waals surface area (Å²) in [4.78, 5) is 15.0. The first kappa shape index (κ1) is 27.6. The minimum Gasteiger partial charge on any atom is -0.251 e. The molecule has 0 saturated heterocycles. The van der Waals surface area contributed by atoms with E-state index in [0.717, 1.165) is 78.0 Å². The summed E-state index contributed by atoms with van der Waals surface area (Å²) in [7, 11) is 0. The Balaban J connectivity index is 1.11. The van der Waals surface area contributed by atoms with Gasteiger partial charge in [0.15, 0.2) is 0 Å². The minimum absolute atomic E-state index is 0.946. The molecule has 46 heavy (non-hydrogen) atoms. The van der Waals surface area contributed by atoms with Crippen LogP contribution in [0, 0.1) is 13.8 Å². The Morgan fingerprint density at radius 2 is 0.848 bits per heavy atom. The molecule has 5 aromatic carbocycles. The number of hydrogen-bond acceptors (Lipinski definition) is 3. The van der Waals surface area contributed by atoms with E-state index in [1.54, 1.807) is 0 Å². The maximum Gasteiger partial charge on any atom is 0.0972 e. The molecule has 0 bridgehead atoms. The second-order valence-corrected chi connectivity index (χ2v) is 11.8. The van der Waals surface area contributed by atoms with Crippen LogP contribution in [0.25, 0.3) is 77.8 Å². The summed E-state index contributed by atoms with van der Waals surface area (Å²) < 4.78 is 0. The fourth-order valence-corrected chi connectivity index (χ4v) is 6.26. The van der Waals surface area contributed by atoms with Crippen LogP contribution in [0.4, 0.5) is 0 Å². The van der Waals surface area contributed by atoms with Crippen LogP contribution in [0.5, 0.6) is 0 Å². The van der Waals surface area contributed by atoms with Gasteiger partial charge in [0.2, 0.25) is 0 Å². The standard InChI is InChI=1S/C43H31N3/c1-28-25-29(2)44-43-38(28)23-21-36-22-24-39(46-42(36)43)34-17-13-31(14-18-34)32-15-19-35(20-16-32)41-27-37(30-9-5-3-6-10-30)26-40(45-41)33-11-7-4-8-12-33/h3-27H,1-2H3. The Labute approximate surface area is 268 Å². The number of hydrogen-bond donors (Lipinski definition) is 0. The summed E-state index contributed by atoms with van der Waals surface area (Å²) in [5.74, 6) is 0. The molecule has 0 aliphatic carbocycles. The summed E-state index contributed by atoms with van der Waals surface area (Å²) in [6.45, 7) is 4.18. The van der Waals surface area contributed by atoms with Crippen LogP contribution < -0.4 is 0 Å². The van der Waals surface area contributed by atoms with E-state index in [0.29, 0.717) is 0 Å². The molecule has 3 heterocycles. The van der Waals surface area contributed by atoms with E-state index in [4.69, 9.17) is 15.0 Å². The smallest absolute Gasteiger partial charge is 0.0972 e. The van der Waals surface area contributed by atoms with Gasteiger partial charge in [0.05, 0.1) is 28.1 Å². The van der Waals surface area contributed by atoms with Crippen molar-refractivity contribution < 1.29 is 0 Å². The SMILES string of the molecule is Cc1cc(C)c2ccc3ccc(-c4ccc(-c5ccc(-c6cc(-c7ccccc7)cc(-c7ccccc7)n6)cc5)cc4)nc3c2n1. The Morgan fingerprint density at radius 1 is 0.348 bits per heavy atom. The van der Waals surface area contributed by atoms with Crippen LogP contribution in [0.1, 0.15) is 11.3 Å². The fourth-order valence-electron chi connectivity index (χ4n) is 6.26. The van der Waals surface area contributed by atoms with Gasteiger partial charge in [-0.25, -0.2) is 9.97 Å². The molecule has 0 fully saturated rings. The average molecular weight is 590 g/mol. The van der Waals surface area contributed by atoms with Gasteiger partial charge in [0.25, 0.3) is 0 Å². The lowest BCUT2D eigenvalue weighted by Gasteiger charge is -2.11. The third-order valence-corrected chi connectivity index (χ3v) is 8.67. The number of pyridine rings is 3. The average Bonchev–Trinajstić information content (AvgIpc) is 3.12. The molecule has 0 aliphatic rings. The van der Waals surface area contributed by atoms with Crippen molar-refractivity contribution in [2.75, 3.05) is 0 Å². The zero-order valence-corrected chi connectivity index (χ0v) is 25.8. The van der Waals surface area contributed by atoms with Crippen molar-refractivity contribution in [3.63, 3.8) is 0 Å². The molecular weight excluding hydrogens is 558 g/mol. The molecule has 3 nitrogen and oxygen atoms in total. The monoisotopic (exact) mass is 589 g/mol. The third-order valence-electron chi connectivity index (χ3n) is 8.67. The highest BCUT2D eigenvalue weighted by atomic mass is 14.8. The van der Waals surface area contributed by atoms with Crippen molar-refractivity contribution in [3.05, 3.63) is 163 Å². The zero-order valence-electron chi connectivity index (χ0n) is 25.8. The number of nitrogens with zero attached hydrogens (tertiary/aromatic N) is 3. The Bertz CT molecular complexity index is 2290. The van der Waals surface area contributed by atoms with Gasteiger partial charge in [0, 0.05) is 33.2 Å². The zero-order chi connectivity index (χ0) is 31.0. The number of benzene rings is 5. The van der Waals surface area contributed by atoms with Crippen LogP contribution in [-0.4, -0.2) is 15.0 Å². The van der Waals surface area contributed by atoms with E-state index in [9.17, 15) is 0 Å². The van der Waals surface area contributed by atoms with E-state index in [1.165, 1.54) is 11.1 Å². The molecule has 0 atom stereocenters. The molecule has 8 rings (SSSR count). The van der Waals surface area contributed by atoms with Crippen LogP contribution >= 0.6 is 0 Å². The van der Waals surface area contributed by atoms with E-state index in [1.807, 2.05) is 19.1 Å². The predicted octanol–water partition coefficient (Wildman–Crippen LogP) is 11.1. The van der Waals surface area contributed by atoms with Gasteiger partial charge in [-0.15, -0.1) is 0 Å². The Kier molecular flexibility index (Phi) is 6.92. The first-order valence-corrected chi connectivity index (χ1v) is 15.6. The van der Waals surface area contributed by atoms with Crippen molar-refractivity contribution in [2.24, 2.45) is 0 Å². The van der Waals surface area contributed by atoms with Gasteiger partial charge in [-0.2, -0.15) is 0 Å². The highest BCUT2D eigenvalue weighted by molar-refractivity contribution is 6.04. The molecule has 0 saturated carbocycles. The molecule has 8 aromatic rings. The van der Waals surface area contributed by atoms with E-state index < -0.39 is 0 Å². The summed E-state index contributed by atoms with van der Waals surface area (Å²) in [5.41, 5.74) is 14.9. The van der Waals surface area contributed by atoms with Crippen molar-refractivity contribution in [3.8, 4) is 56.0 Å². The van der Waals surface area contributed by atoms with Crippen molar-refractivity contribution in [1.82, 2.24) is 15.0 Å². The Hall–Kier alpha value is -5.93. The summed E-state index contributed by atoms with van der Waals surface area (Å²) in [6, 6.07) is 53.3. The number of aromatic nitrogens is 3. The van der Waals surface area contributed by atoms with Crippen molar-refractivity contribution in [1.29, 1.82) is 0 Å². The lowest BCUT2D eigenvalue weighted by Crippen LogP contribution is -1.92. The first-order valence-electron chi connectivity index (χ1n) is 15.6. The van der Waals surface area contributed by atoms with Crippen LogP contribution in [0.2, 0.25) is 0 Å². The van der Waals surface area contributed by atoms with Gasteiger partial charge >= 0.3 is 0 Å². The second-order valence-electron chi connectivity index (χ2n) is 11.8. The van der Waals surface area contributed by atoms with Gasteiger partial charge in [-0.05, 0) is 65.9 Å². The first-order chi connectivity index (χ1) is 22.6. The Morgan fingerprint density at radius 3 is 1.48 bits per heavy atom. The topological polar surface area (TPSA) is 38.7 Å². The molecule has 3 heteroatoms. The molecule has 0 amide bonds. The summed E-state index contributed by atoms with van der Waals surface area (Å²) in [5, 5.41) is 2.25. The van der Waals surface area contributed by atoms with Crippen molar-refractivity contribution in [2.45, 2.75) is 13.8 Å². The van der Waals surface area contributed by atoms with E-state index >= 15 is 0 Å². The summed E-state index contributed by atoms with van der Waals surface area (Å²) >= 11 is 0. The molecule has 0 N–H and O–H groups in total. The lowest BCUT2D eigenvalue weighted by molar-refractivity contribution is 1.23. The number of fused-ring (bicyclic) bond motifs is 3. The van der Waals surface area contributed by atoms with Crippen LogP contribution in [-0.2, 0) is 0 Å². The molecular formula is C43H31N3. The van der Waals surface area contributed by atoms with Crippen LogP contribution in [0.3, 0.4) is 0 Å². The lowest BCUT2D eigenvalue weighted by atomic mass is 9.98. The van der Waals surface area contributed by atoms with E-state index in [2.05, 4.69) is 146 Å². The van der Waals surface area contributed by atoms with Crippen LogP contribution in [0.15, 0.2) is 152 Å².